The average molecular weight is 279 g/mol. The second-order valence-corrected chi connectivity index (χ2v) is 5.78. The van der Waals surface area contributed by atoms with Crippen molar-refractivity contribution in [1.29, 1.82) is 0 Å². The highest BCUT2D eigenvalue weighted by Gasteiger charge is 2.32. The maximum Gasteiger partial charge on any atom is 0.401 e. The lowest BCUT2D eigenvalue weighted by Gasteiger charge is -2.27. The highest BCUT2D eigenvalue weighted by Crippen LogP contribution is 2.21. The number of halogens is 3. The smallest absolute Gasteiger partial charge is 0.307 e. The van der Waals surface area contributed by atoms with E-state index in [2.05, 4.69) is 15.1 Å². The van der Waals surface area contributed by atoms with Gasteiger partial charge in [-0.15, -0.1) is 0 Å². The number of nitrogens with zero attached hydrogens (tertiary/aromatic N) is 2. The Kier molecular flexibility index (Phi) is 5.09. The lowest BCUT2D eigenvalue weighted by molar-refractivity contribution is -0.125. The summed E-state index contributed by atoms with van der Waals surface area (Å²) in [5.41, 5.74) is 0. The molecule has 3 nitrogen and oxygen atoms in total. The molecular weight excluding hydrogens is 255 g/mol. The fourth-order valence-corrected chi connectivity index (χ4v) is 3.13. The quantitative estimate of drug-likeness (QED) is 0.826. The summed E-state index contributed by atoms with van der Waals surface area (Å²) >= 11 is 0. The molecule has 2 heterocycles. The standard InChI is InChI=1S/C13H24F3N3/c1-11(8-17-10-13(14,15)16)19-7-4-12(9-19)18-5-2-3-6-18/h11-12,17H,2-10H2,1H3. The van der Waals surface area contributed by atoms with Gasteiger partial charge < -0.3 is 5.32 Å². The fourth-order valence-electron chi connectivity index (χ4n) is 3.13. The van der Waals surface area contributed by atoms with E-state index < -0.39 is 12.7 Å². The van der Waals surface area contributed by atoms with Crippen LogP contribution in [0.4, 0.5) is 13.2 Å². The predicted molar refractivity (Wildman–Crippen MR) is 69.2 cm³/mol. The van der Waals surface area contributed by atoms with Gasteiger partial charge in [0, 0.05) is 31.7 Å². The van der Waals surface area contributed by atoms with Gasteiger partial charge in [-0.1, -0.05) is 0 Å². The highest BCUT2D eigenvalue weighted by atomic mass is 19.4. The van der Waals surface area contributed by atoms with Crippen molar-refractivity contribution in [3.05, 3.63) is 0 Å². The minimum Gasteiger partial charge on any atom is -0.307 e. The Hall–Kier alpha value is -0.330. The molecule has 1 N–H and O–H groups in total. The lowest BCUT2D eigenvalue weighted by atomic mass is 10.2. The van der Waals surface area contributed by atoms with Crippen LogP contribution in [0.25, 0.3) is 0 Å². The first-order chi connectivity index (χ1) is 8.96. The van der Waals surface area contributed by atoms with E-state index in [-0.39, 0.29) is 6.04 Å². The topological polar surface area (TPSA) is 18.5 Å². The summed E-state index contributed by atoms with van der Waals surface area (Å²) in [7, 11) is 0. The molecule has 0 saturated carbocycles. The minimum atomic E-state index is -4.11. The third-order valence-electron chi connectivity index (χ3n) is 4.24. The average Bonchev–Trinajstić information content (AvgIpc) is 2.98. The van der Waals surface area contributed by atoms with E-state index in [1.807, 2.05) is 6.92 Å². The molecule has 0 aromatic rings. The molecule has 2 unspecified atom stereocenters. The third-order valence-corrected chi connectivity index (χ3v) is 4.24. The molecule has 19 heavy (non-hydrogen) atoms. The molecule has 0 bridgehead atoms. The predicted octanol–water partition coefficient (Wildman–Crippen LogP) is 1.70. The number of hydrogen-bond acceptors (Lipinski definition) is 3. The van der Waals surface area contributed by atoms with E-state index in [1.54, 1.807) is 0 Å². The Morgan fingerprint density at radius 3 is 2.53 bits per heavy atom. The maximum absolute atomic E-state index is 12.1. The van der Waals surface area contributed by atoms with E-state index in [4.69, 9.17) is 0 Å². The molecule has 2 saturated heterocycles. The van der Waals surface area contributed by atoms with Crippen molar-refractivity contribution in [2.75, 3.05) is 39.3 Å². The number of alkyl halides is 3. The van der Waals surface area contributed by atoms with Gasteiger partial charge in [-0.25, -0.2) is 0 Å². The van der Waals surface area contributed by atoms with Crippen LogP contribution in [-0.4, -0.2) is 67.3 Å². The van der Waals surface area contributed by atoms with Crippen LogP contribution in [0.5, 0.6) is 0 Å². The molecule has 2 fully saturated rings. The van der Waals surface area contributed by atoms with Crippen molar-refractivity contribution in [2.45, 2.75) is 44.4 Å². The molecule has 2 aliphatic heterocycles. The lowest BCUT2D eigenvalue weighted by Crippen LogP contribution is -2.43. The largest absolute Gasteiger partial charge is 0.401 e. The van der Waals surface area contributed by atoms with Crippen LogP contribution >= 0.6 is 0 Å². The van der Waals surface area contributed by atoms with Gasteiger partial charge in [0.2, 0.25) is 0 Å². The van der Waals surface area contributed by atoms with Gasteiger partial charge >= 0.3 is 6.18 Å². The van der Waals surface area contributed by atoms with Crippen molar-refractivity contribution >= 4 is 0 Å². The Balaban J connectivity index is 1.68. The van der Waals surface area contributed by atoms with Crippen molar-refractivity contribution in [3.8, 4) is 0 Å². The molecule has 0 amide bonds. The number of hydrogen-bond donors (Lipinski definition) is 1. The van der Waals surface area contributed by atoms with Gasteiger partial charge in [0.25, 0.3) is 0 Å². The van der Waals surface area contributed by atoms with Gasteiger partial charge in [0.1, 0.15) is 0 Å². The molecule has 2 aliphatic rings. The normalized spacial score (nSPS) is 28.1. The summed E-state index contributed by atoms with van der Waals surface area (Å²) in [5.74, 6) is 0. The first kappa shape index (κ1) is 15.1. The summed E-state index contributed by atoms with van der Waals surface area (Å²) < 4.78 is 36.2. The first-order valence-corrected chi connectivity index (χ1v) is 7.21. The molecule has 2 rings (SSSR count). The maximum atomic E-state index is 12.1. The molecule has 0 spiro atoms. The summed E-state index contributed by atoms with van der Waals surface area (Å²) in [6.45, 7) is 5.94. The molecule has 6 heteroatoms. The fraction of sp³-hybridized carbons (Fsp3) is 1.00. The van der Waals surface area contributed by atoms with Crippen LogP contribution in [0.3, 0.4) is 0 Å². The second kappa shape index (κ2) is 6.41. The molecule has 0 radical (unpaired) electrons. The molecule has 2 atom stereocenters. The van der Waals surface area contributed by atoms with Gasteiger partial charge in [-0.05, 0) is 39.3 Å². The number of rotatable bonds is 5. The van der Waals surface area contributed by atoms with Crippen molar-refractivity contribution in [2.24, 2.45) is 0 Å². The Labute approximate surface area is 113 Å². The van der Waals surface area contributed by atoms with E-state index in [1.165, 1.54) is 25.9 Å². The molecule has 112 valence electrons. The zero-order valence-corrected chi connectivity index (χ0v) is 11.5. The zero-order valence-electron chi connectivity index (χ0n) is 11.5. The summed E-state index contributed by atoms with van der Waals surface area (Å²) in [6, 6.07) is 0.794. The summed E-state index contributed by atoms with van der Waals surface area (Å²) in [4.78, 5) is 4.85. The van der Waals surface area contributed by atoms with Crippen LogP contribution < -0.4 is 5.32 Å². The van der Waals surface area contributed by atoms with Gasteiger partial charge in [-0.3, -0.25) is 9.80 Å². The van der Waals surface area contributed by atoms with Crippen LogP contribution in [0.15, 0.2) is 0 Å². The summed E-state index contributed by atoms with van der Waals surface area (Å²) in [6.07, 6.45) is -0.370. The monoisotopic (exact) mass is 279 g/mol. The van der Waals surface area contributed by atoms with Crippen molar-refractivity contribution < 1.29 is 13.2 Å². The highest BCUT2D eigenvalue weighted by molar-refractivity contribution is 4.88. The molecular formula is C13H24F3N3. The summed E-state index contributed by atoms with van der Waals surface area (Å²) in [5, 5.41) is 2.51. The van der Waals surface area contributed by atoms with Gasteiger partial charge in [0.05, 0.1) is 6.54 Å². The van der Waals surface area contributed by atoms with Crippen molar-refractivity contribution in [1.82, 2.24) is 15.1 Å². The van der Waals surface area contributed by atoms with Gasteiger partial charge in [0.15, 0.2) is 0 Å². The first-order valence-electron chi connectivity index (χ1n) is 7.21. The van der Waals surface area contributed by atoms with Crippen LogP contribution in [0.1, 0.15) is 26.2 Å². The number of likely N-dealkylation sites (tertiary alicyclic amines) is 2. The SMILES string of the molecule is CC(CNCC(F)(F)F)N1CCC(N2CCCC2)C1. The van der Waals surface area contributed by atoms with Crippen molar-refractivity contribution in [3.63, 3.8) is 0 Å². The third kappa shape index (κ3) is 4.61. The second-order valence-electron chi connectivity index (χ2n) is 5.78. The van der Waals surface area contributed by atoms with Crippen LogP contribution in [0, 0.1) is 0 Å². The zero-order chi connectivity index (χ0) is 13.9. The van der Waals surface area contributed by atoms with E-state index in [0.29, 0.717) is 12.6 Å². The minimum absolute atomic E-state index is 0.176. The Bertz CT molecular complexity index is 277. The van der Waals surface area contributed by atoms with E-state index in [9.17, 15) is 13.2 Å². The van der Waals surface area contributed by atoms with E-state index in [0.717, 1.165) is 19.5 Å². The van der Waals surface area contributed by atoms with Gasteiger partial charge in [-0.2, -0.15) is 13.2 Å². The number of nitrogens with one attached hydrogen (secondary N) is 1. The Morgan fingerprint density at radius 1 is 1.21 bits per heavy atom. The van der Waals surface area contributed by atoms with E-state index >= 15 is 0 Å². The molecule has 0 aliphatic carbocycles. The molecule has 0 aromatic heterocycles. The molecule has 0 aromatic carbocycles. The Morgan fingerprint density at radius 2 is 1.89 bits per heavy atom. The van der Waals surface area contributed by atoms with Crippen LogP contribution in [-0.2, 0) is 0 Å². The van der Waals surface area contributed by atoms with Crippen LogP contribution in [0.2, 0.25) is 0 Å².